The van der Waals surface area contributed by atoms with Crippen LogP contribution < -0.4 is 14.2 Å². The van der Waals surface area contributed by atoms with Crippen LogP contribution in [0.25, 0.3) is 0 Å². The molecule has 148 valence electrons. The number of hydrogen-bond acceptors (Lipinski definition) is 6. The Morgan fingerprint density at radius 1 is 1.18 bits per heavy atom. The van der Waals surface area contributed by atoms with Crippen LogP contribution in [0, 0.1) is 5.82 Å². The van der Waals surface area contributed by atoms with Gasteiger partial charge in [-0.25, -0.2) is 17.8 Å². The van der Waals surface area contributed by atoms with Gasteiger partial charge in [0, 0.05) is 28.0 Å². The molecule has 0 saturated heterocycles. The van der Waals surface area contributed by atoms with E-state index in [0.717, 1.165) is 10.4 Å². The highest BCUT2D eigenvalue weighted by Gasteiger charge is 2.22. The number of aromatic nitrogens is 1. The Morgan fingerprint density at radius 3 is 2.57 bits per heavy atom. The van der Waals surface area contributed by atoms with Crippen molar-refractivity contribution >= 4 is 42.4 Å². The Morgan fingerprint density at radius 2 is 1.89 bits per heavy atom. The van der Waals surface area contributed by atoms with Gasteiger partial charge in [-0.2, -0.15) is 0 Å². The largest absolute Gasteiger partial charge is 0.493 e. The van der Waals surface area contributed by atoms with E-state index in [1.807, 2.05) is 0 Å². The van der Waals surface area contributed by atoms with Gasteiger partial charge in [0.15, 0.2) is 16.6 Å². The van der Waals surface area contributed by atoms with Gasteiger partial charge in [-0.3, -0.25) is 4.72 Å². The minimum Gasteiger partial charge on any atom is -0.493 e. The average molecular weight is 487 g/mol. The molecule has 0 spiro atoms. The zero-order valence-corrected chi connectivity index (χ0v) is 18.1. The number of sulfonamides is 1. The first-order valence-corrected chi connectivity index (χ1v) is 11.0. The van der Waals surface area contributed by atoms with Crippen LogP contribution in [-0.2, 0) is 16.4 Å². The summed E-state index contributed by atoms with van der Waals surface area (Å²) in [6.45, 7) is 0. The fraction of sp³-hybridized carbons (Fsp3) is 0.167. The third-order valence-electron chi connectivity index (χ3n) is 3.77. The lowest BCUT2D eigenvalue weighted by molar-refractivity contribution is 0.353. The Bertz CT molecular complexity index is 1100. The van der Waals surface area contributed by atoms with E-state index in [9.17, 15) is 12.8 Å². The Balaban J connectivity index is 1.83. The molecule has 1 heterocycles. The molecule has 3 aromatic rings. The van der Waals surface area contributed by atoms with Gasteiger partial charge in [-0.15, -0.1) is 11.3 Å². The van der Waals surface area contributed by atoms with E-state index in [2.05, 4.69) is 25.6 Å². The van der Waals surface area contributed by atoms with Gasteiger partial charge in [0.2, 0.25) is 0 Å². The highest BCUT2D eigenvalue weighted by Crippen LogP contribution is 2.36. The second kappa shape index (κ2) is 8.46. The van der Waals surface area contributed by atoms with E-state index in [-0.39, 0.29) is 21.6 Å². The van der Waals surface area contributed by atoms with Gasteiger partial charge in [0.25, 0.3) is 10.0 Å². The maximum Gasteiger partial charge on any atom is 0.264 e. The van der Waals surface area contributed by atoms with Crippen molar-refractivity contribution < 1.29 is 22.3 Å². The number of halogens is 2. The fourth-order valence-corrected chi connectivity index (χ4v) is 5.62. The maximum atomic E-state index is 13.3. The van der Waals surface area contributed by atoms with Crippen LogP contribution in [-0.4, -0.2) is 27.6 Å². The first-order chi connectivity index (χ1) is 13.3. The first kappa shape index (κ1) is 20.6. The molecule has 1 N–H and O–H groups in total. The molecule has 0 bridgehead atoms. The van der Waals surface area contributed by atoms with Gasteiger partial charge in [-0.05, 0) is 39.7 Å². The zero-order chi connectivity index (χ0) is 20.3. The number of rotatable bonds is 7. The standard InChI is InChI=1S/C18H16BrFN2O4S2/c1-25-15-8-14(19)17(9-16(15)26-2)28(23,24)22-18-21-10-13(27-18)7-11-4-3-5-12(20)6-11/h3-6,8-10H,7H2,1-2H3,(H,21,22). The number of hydrogen-bond donors (Lipinski definition) is 1. The zero-order valence-electron chi connectivity index (χ0n) is 14.9. The van der Waals surface area contributed by atoms with Crippen molar-refractivity contribution in [2.75, 3.05) is 18.9 Å². The lowest BCUT2D eigenvalue weighted by Crippen LogP contribution is -2.13. The highest BCUT2D eigenvalue weighted by molar-refractivity contribution is 9.10. The molecule has 0 aliphatic carbocycles. The molecule has 3 rings (SSSR count). The molecular formula is C18H16BrFN2O4S2. The van der Waals surface area contributed by atoms with Gasteiger partial charge >= 0.3 is 0 Å². The number of anilines is 1. The molecule has 2 aromatic carbocycles. The minimum absolute atomic E-state index is 0.00738. The molecule has 0 amide bonds. The number of methoxy groups -OCH3 is 2. The SMILES string of the molecule is COc1cc(Br)c(S(=O)(=O)Nc2ncc(Cc3cccc(F)c3)s2)cc1OC. The van der Waals surface area contributed by atoms with Crippen molar-refractivity contribution in [2.24, 2.45) is 0 Å². The predicted octanol–water partition coefficient (Wildman–Crippen LogP) is 4.45. The van der Waals surface area contributed by atoms with Crippen molar-refractivity contribution in [3.63, 3.8) is 0 Å². The number of ether oxygens (including phenoxy) is 2. The van der Waals surface area contributed by atoms with Crippen LogP contribution in [0.1, 0.15) is 10.4 Å². The van der Waals surface area contributed by atoms with Crippen molar-refractivity contribution in [1.29, 1.82) is 0 Å². The number of thiazole rings is 1. The molecule has 0 fully saturated rings. The van der Waals surface area contributed by atoms with Crippen LogP contribution in [0.2, 0.25) is 0 Å². The Hall–Kier alpha value is -2.17. The van der Waals surface area contributed by atoms with E-state index < -0.39 is 10.0 Å². The van der Waals surface area contributed by atoms with Crippen molar-refractivity contribution in [2.45, 2.75) is 11.3 Å². The summed E-state index contributed by atoms with van der Waals surface area (Å²) >= 11 is 4.43. The van der Waals surface area contributed by atoms with E-state index >= 15 is 0 Å². The van der Waals surface area contributed by atoms with Gasteiger partial charge < -0.3 is 9.47 Å². The summed E-state index contributed by atoms with van der Waals surface area (Å²) in [5, 5.41) is 0.216. The van der Waals surface area contributed by atoms with Crippen LogP contribution >= 0.6 is 27.3 Å². The summed E-state index contributed by atoms with van der Waals surface area (Å²) in [5.74, 6) is 0.373. The van der Waals surface area contributed by atoms with Crippen molar-refractivity contribution in [3.05, 3.63) is 63.3 Å². The second-order valence-electron chi connectivity index (χ2n) is 5.68. The quantitative estimate of drug-likeness (QED) is 0.533. The highest BCUT2D eigenvalue weighted by atomic mass is 79.9. The summed E-state index contributed by atoms with van der Waals surface area (Å²) < 4.78 is 52.0. The topological polar surface area (TPSA) is 77.5 Å². The minimum atomic E-state index is -3.91. The summed E-state index contributed by atoms with van der Waals surface area (Å²) in [6.07, 6.45) is 2.02. The van der Waals surface area contributed by atoms with Gasteiger partial charge in [-0.1, -0.05) is 12.1 Å². The van der Waals surface area contributed by atoms with Crippen LogP contribution in [0.3, 0.4) is 0 Å². The first-order valence-electron chi connectivity index (χ1n) is 7.96. The molecule has 0 aliphatic rings. The van der Waals surface area contributed by atoms with Crippen LogP contribution in [0.15, 0.2) is 52.0 Å². The lowest BCUT2D eigenvalue weighted by Gasteiger charge is -2.12. The number of benzene rings is 2. The molecule has 0 radical (unpaired) electrons. The third-order valence-corrected chi connectivity index (χ3v) is 7.11. The normalized spacial score (nSPS) is 11.3. The Kier molecular flexibility index (Phi) is 6.21. The van der Waals surface area contributed by atoms with E-state index in [4.69, 9.17) is 9.47 Å². The lowest BCUT2D eigenvalue weighted by atomic mass is 10.1. The van der Waals surface area contributed by atoms with Crippen molar-refractivity contribution in [1.82, 2.24) is 4.98 Å². The number of nitrogens with zero attached hydrogens (tertiary/aromatic N) is 1. The summed E-state index contributed by atoms with van der Waals surface area (Å²) in [6, 6.07) is 9.12. The van der Waals surface area contributed by atoms with Gasteiger partial charge in [0.1, 0.15) is 10.7 Å². The van der Waals surface area contributed by atoms with Gasteiger partial charge in [0.05, 0.1) is 14.2 Å². The fourth-order valence-electron chi connectivity index (χ4n) is 2.50. The third kappa shape index (κ3) is 4.62. The molecule has 0 unspecified atom stereocenters. The molecule has 6 nitrogen and oxygen atoms in total. The molecule has 28 heavy (non-hydrogen) atoms. The van der Waals surface area contributed by atoms with E-state index in [1.165, 1.54) is 49.8 Å². The summed E-state index contributed by atoms with van der Waals surface area (Å²) in [4.78, 5) is 4.91. The van der Waals surface area contributed by atoms with Crippen molar-refractivity contribution in [3.8, 4) is 11.5 Å². The molecule has 1 aromatic heterocycles. The molecule has 10 heteroatoms. The molecule has 0 saturated carbocycles. The summed E-state index contributed by atoms with van der Waals surface area (Å²) in [7, 11) is -1.02. The smallest absolute Gasteiger partial charge is 0.264 e. The average Bonchev–Trinajstić information content (AvgIpc) is 3.07. The Labute approximate surface area is 174 Å². The molecular weight excluding hydrogens is 471 g/mol. The van der Waals surface area contributed by atoms with E-state index in [1.54, 1.807) is 18.3 Å². The number of nitrogens with one attached hydrogen (secondary N) is 1. The predicted molar refractivity (Wildman–Crippen MR) is 109 cm³/mol. The van der Waals surface area contributed by atoms with Crippen LogP contribution in [0.5, 0.6) is 11.5 Å². The van der Waals surface area contributed by atoms with Crippen LogP contribution in [0.4, 0.5) is 9.52 Å². The second-order valence-corrected chi connectivity index (χ2v) is 9.30. The summed E-state index contributed by atoms with van der Waals surface area (Å²) in [5.41, 5.74) is 0.778. The molecule has 0 aliphatic heterocycles. The van der Waals surface area contributed by atoms with E-state index in [0.29, 0.717) is 16.6 Å². The molecule has 0 atom stereocenters. The monoisotopic (exact) mass is 486 g/mol. The maximum absolute atomic E-state index is 13.3.